The zero-order chi connectivity index (χ0) is 13.9. The molecule has 1 aliphatic heterocycles. The van der Waals surface area contributed by atoms with Gasteiger partial charge in [0.15, 0.2) is 5.15 Å². The van der Waals surface area contributed by atoms with Crippen LogP contribution in [0.3, 0.4) is 0 Å². The molecule has 0 aromatic carbocycles. The Hall–Kier alpha value is -1.95. The molecule has 104 valence electrons. The first-order valence-corrected chi connectivity index (χ1v) is 6.79. The van der Waals surface area contributed by atoms with Crippen LogP contribution in [0.25, 0.3) is 11.0 Å². The summed E-state index contributed by atoms with van der Waals surface area (Å²) in [4.78, 5) is 25.7. The molecule has 20 heavy (non-hydrogen) atoms. The Balaban J connectivity index is 1.64. The van der Waals surface area contributed by atoms with Crippen LogP contribution in [0.2, 0.25) is 5.15 Å². The molecular formula is C13H13ClN4O2. The molecule has 1 amide bonds. The predicted molar refractivity (Wildman–Crippen MR) is 73.7 cm³/mol. The molecule has 2 aromatic heterocycles. The second-order valence-electron chi connectivity index (χ2n) is 4.51. The summed E-state index contributed by atoms with van der Waals surface area (Å²) in [5.74, 6) is 0.613. The lowest BCUT2D eigenvalue weighted by Crippen LogP contribution is -2.29. The molecule has 1 saturated heterocycles. The van der Waals surface area contributed by atoms with E-state index in [0.717, 1.165) is 13.0 Å². The van der Waals surface area contributed by atoms with Gasteiger partial charge < -0.3 is 9.64 Å². The van der Waals surface area contributed by atoms with Crippen molar-refractivity contribution in [1.82, 2.24) is 19.9 Å². The minimum absolute atomic E-state index is 0.191. The van der Waals surface area contributed by atoms with Crippen LogP contribution in [-0.4, -0.2) is 45.5 Å². The van der Waals surface area contributed by atoms with Crippen LogP contribution >= 0.6 is 11.6 Å². The first kappa shape index (κ1) is 13.1. The van der Waals surface area contributed by atoms with Crippen molar-refractivity contribution >= 4 is 28.5 Å². The Bertz CT molecular complexity index is 649. The van der Waals surface area contributed by atoms with Crippen molar-refractivity contribution in [2.45, 2.75) is 12.8 Å². The van der Waals surface area contributed by atoms with E-state index in [1.807, 2.05) is 0 Å². The van der Waals surface area contributed by atoms with Gasteiger partial charge in [0.2, 0.25) is 11.8 Å². The lowest BCUT2D eigenvalue weighted by Gasteiger charge is -2.15. The SMILES string of the molecule is O=C1CCCN1CCOc1cnc2c(Cl)nccc2n1. The van der Waals surface area contributed by atoms with Gasteiger partial charge in [0.05, 0.1) is 18.3 Å². The van der Waals surface area contributed by atoms with E-state index < -0.39 is 0 Å². The zero-order valence-corrected chi connectivity index (χ0v) is 11.5. The summed E-state index contributed by atoms with van der Waals surface area (Å²) >= 11 is 5.92. The molecule has 6 nitrogen and oxygen atoms in total. The fourth-order valence-corrected chi connectivity index (χ4v) is 2.37. The van der Waals surface area contributed by atoms with Crippen LogP contribution in [0.5, 0.6) is 5.88 Å². The largest absolute Gasteiger partial charge is 0.475 e. The Morgan fingerprint density at radius 3 is 3.10 bits per heavy atom. The molecule has 1 aliphatic rings. The molecule has 0 atom stereocenters. The van der Waals surface area contributed by atoms with Crippen molar-refractivity contribution in [3.05, 3.63) is 23.6 Å². The van der Waals surface area contributed by atoms with Crippen molar-refractivity contribution in [3.8, 4) is 5.88 Å². The van der Waals surface area contributed by atoms with E-state index in [2.05, 4.69) is 15.0 Å². The smallest absolute Gasteiger partial charge is 0.232 e. The summed E-state index contributed by atoms with van der Waals surface area (Å²) in [7, 11) is 0. The summed E-state index contributed by atoms with van der Waals surface area (Å²) in [6.45, 7) is 1.80. The second-order valence-corrected chi connectivity index (χ2v) is 4.87. The number of pyridine rings is 1. The van der Waals surface area contributed by atoms with Crippen LogP contribution in [0, 0.1) is 0 Å². The lowest BCUT2D eigenvalue weighted by atomic mass is 10.4. The van der Waals surface area contributed by atoms with Gasteiger partial charge >= 0.3 is 0 Å². The number of halogens is 1. The van der Waals surface area contributed by atoms with E-state index in [4.69, 9.17) is 16.3 Å². The Labute approximate surface area is 120 Å². The Kier molecular flexibility index (Phi) is 3.64. The first-order valence-electron chi connectivity index (χ1n) is 6.42. The highest BCUT2D eigenvalue weighted by molar-refractivity contribution is 6.33. The predicted octanol–water partition coefficient (Wildman–Crippen LogP) is 1.68. The van der Waals surface area contributed by atoms with Gasteiger partial charge in [-0.2, -0.15) is 0 Å². The molecule has 0 radical (unpaired) electrons. The molecule has 1 fully saturated rings. The molecule has 0 saturated carbocycles. The van der Waals surface area contributed by atoms with Crippen molar-refractivity contribution in [2.75, 3.05) is 19.7 Å². The number of rotatable bonds is 4. The van der Waals surface area contributed by atoms with E-state index >= 15 is 0 Å². The molecule has 0 spiro atoms. The molecule has 2 aromatic rings. The summed E-state index contributed by atoms with van der Waals surface area (Å²) in [5, 5.41) is 0.323. The topological polar surface area (TPSA) is 68.2 Å². The van der Waals surface area contributed by atoms with Gasteiger partial charge in [0, 0.05) is 19.2 Å². The normalized spacial score (nSPS) is 15.1. The zero-order valence-electron chi connectivity index (χ0n) is 10.8. The van der Waals surface area contributed by atoms with Crippen LogP contribution < -0.4 is 4.74 Å². The van der Waals surface area contributed by atoms with Crippen LogP contribution in [0.1, 0.15) is 12.8 Å². The fourth-order valence-electron chi connectivity index (χ4n) is 2.17. The quantitative estimate of drug-likeness (QED) is 0.802. The number of carbonyl (C=O) groups excluding carboxylic acids is 1. The summed E-state index contributed by atoms with van der Waals surface area (Å²) in [5.41, 5.74) is 1.19. The van der Waals surface area contributed by atoms with E-state index in [0.29, 0.717) is 41.6 Å². The highest BCUT2D eigenvalue weighted by Gasteiger charge is 2.19. The van der Waals surface area contributed by atoms with Crippen LogP contribution in [0.4, 0.5) is 0 Å². The number of likely N-dealkylation sites (tertiary alicyclic amines) is 1. The first-order chi connectivity index (χ1) is 9.74. The number of hydrogen-bond donors (Lipinski definition) is 0. The third kappa shape index (κ3) is 2.65. The number of hydrogen-bond acceptors (Lipinski definition) is 5. The highest BCUT2D eigenvalue weighted by Crippen LogP contribution is 2.19. The molecule has 7 heteroatoms. The minimum atomic E-state index is 0.191. The molecule has 3 heterocycles. The van der Waals surface area contributed by atoms with Gasteiger partial charge in [-0.15, -0.1) is 0 Å². The minimum Gasteiger partial charge on any atom is -0.475 e. The Morgan fingerprint density at radius 2 is 2.30 bits per heavy atom. The van der Waals surface area contributed by atoms with Gasteiger partial charge in [-0.05, 0) is 12.5 Å². The summed E-state index contributed by atoms with van der Waals surface area (Å²) in [6, 6.07) is 1.73. The van der Waals surface area contributed by atoms with Crippen molar-refractivity contribution in [2.24, 2.45) is 0 Å². The third-order valence-corrected chi connectivity index (χ3v) is 3.45. The van der Waals surface area contributed by atoms with E-state index in [1.54, 1.807) is 17.2 Å². The number of fused-ring (bicyclic) bond motifs is 1. The second kappa shape index (κ2) is 5.58. The number of amides is 1. The van der Waals surface area contributed by atoms with Gasteiger partial charge in [-0.1, -0.05) is 11.6 Å². The maximum Gasteiger partial charge on any atom is 0.232 e. The molecule has 0 bridgehead atoms. The standard InChI is InChI=1S/C13H13ClN4O2/c14-13-12-9(3-4-15-13)17-10(8-16-12)20-7-6-18-5-1-2-11(18)19/h3-4,8H,1-2,5-7H2. The summed E-state index contributed by atoms with van der Waals surface area (Å²) in [6.07, 6.45) is 4.66. The van der Waals surface area contributed by atoms with Crippen molar-refractivity contribution in [3.63, 3.8) is 0 Å². The maximum absolute atomic E-state index is 11.4. The molecule has 0 aliphatic carbocycles. The number of aromatic nitrogens is 3. The molecule has 0 unspecified atom stereocenters. The highest BCUT2D eigenvalue weighted by atomic mass is 35.5. The van der Waals surface area contributed by atoms with E-state index in [1.165, 1.54) is 6.20 Å². The average molecular weight is 293 g/mol. The van der Waals surface area contributed by atoms with E-state index in [-0.39, 0.29) is 5.91 Å². The monoisotopic (exact) mass is 292 g/mol. The number of ether oxygens (including phenoxy) is 1. The number of nitrogens with zero attached hydrogens (tertiary/aromatic N) is 4. The summed E-state index contributed by atoms with van der Waals surface area (Å²) < 4.78 is 5.53. The maximum atomic E-state index is 11.4. The average Bonchev–Trinajstić information content (AvgIpc) is 2.85. The lowest BCUT2D eigenvalue weighted by molar-refractivity contribution is -0.128. The van der Waals surface area contributed by atoms with Gasteiger partial charge in [0.1, 0.15) is 12.1 Å². The molecular weight excluding hydrogens is 280 g/mol. The fraction of sp³-hybridized carbons (Fsp3) is 0.385. The third-order valence-electron chi connectivity index (χ3n) is 3.18. The number of carbonyl (C=O) groups is 1. The molecule has 3 rings (SSSR count). The van der Waals surface area contributed by atoms with Crippen LogP contribution in [0.15, 0.2) is 18.5 Å². The van der Waals surface area contributed by atoms with E-state index in [9.17, 15) is 4.79 Å². The van der Waals surface area contributed by atoms with Gasteiger partial charge in [-0.3, -0.25) is 4.79 Å². The van der Waals surface area contributed by atoms with Gasteiger partial charge in [0.25, 0.3) is 0 Å². The molecule has 0 N–H and O–H groups in total. The van der Waals surface area contributed by atoms with Crippen molar-refractivity contribution < 1.29 is 9.53 Å². The van der Waals surface area contributed by atoms with Gasteiger partial charge in [-0.25, -0.2) is 15.0 Å². The van der Waals surface area contributed by atoms with Crippen molar-refractivity contribution in [1.29, 1.82) is 0 Å². The van der Waals surface area contributed by atoms with Crippen LogP contribution in [-0.2, 0) is 4.79 Å². The Morgan fingerprint density at radius 1 is 1.40 bits per heavy atom.